The van der Waals surface area contributed by atoms with Crippen molar-refractivity contribution in [3.05, 3.63) is 58.8 Å². The molecule has 0 aromatic carbocycles. The normalized spacial score (nSPS) is 19.2. The zero-order valence-electron chi connectivity index (χ0n) is 14.8. The summed E-state index contributed by atoms with van der Waals surface area (Å²) in [6, 6.07) is 0.0422. The second-order valence-electron chi connectivity index (χ2n) is 6.11. The van der Waals surface area contributed by atoms with E-state index in [1.165, 1.54) is 5.57 Å². The first-order valence-corrected chi connectivity index (χ1v) is 9.36. The van der Waals surface area contributed by atoms with Gasteiger partial charge in [0.15, 0.2) is 11.1 Å². The minimum atomic E-state index is -1.46. The molecule has 134 valence electrons. The summed E-state index contributed by atoms with van der Waals surface area (Å²) in [7, 11) is 1.96. The fourth-order valence-corrected chi connectivity index (χ4v) is 3.37. The lowest BCUT2D eigenvalue weighted by Gasteiger charge is -2.27. The molecule has 4 nitrogen and oxygen atoms in total. The third-order valence-electron chi connectivity index (χ3n) is 4.05. The lowest BCUT2D eigenvalue weighted by atomic mass is 10.1. The van der Waals surface area contributed by atoms with Crippen molar-refractivity contribution in [2.45, 2.75) is 25.8 Å². The highest BCUT2D eigenvalue weighted by Crippen LogP contribution is 2.18. The molecule has 2 aliphatic rings. The number of allylic oxidation sites excluding steroid dienone is 8. The smallest absolute Gasteiger partial charge is 0.185 e. The number of likely N-dealkylation sites (N-methyl/N-ethyl adjacent to an activating group) is 1. The van der Waals surface area contributed by atoms with Gasteiger partial charge in [-0.05, 0) is 38.1 Å². The number of nitrogens with zero attached hydrogens (tertiary/aromatic N) is 1. The van der Waals surface area contributed by atoms with Gasteiger partial charge in [-0.1, -0.05) is 35.8 Å². The predicted molar refractivity (Wildman–Crippen MR) is 103 cm³/mol. The summed E-state index contributed by atoms with van der Waals surface area (Å²) < 4.78 is 23.5. The maximum absolute atomic E-state index is 12.5. The van der Waals surface area contributed by atoms with Gasteiger partial charge < -0.3 is 4.74 Å². The van der Waals surface area contributed by atoms with E-state index in [4.69, 9.17) is 15.3 Å². The number of ether oxygens (including phenoxy) is 1. The molecular weight excluding hydrogens is 334 g/mol. The standard InChI is InChI=1S/C20H25NO3S/c1-4-12-21(3)19(14-18-8-6-13-23-15-18)16-24-25(22)20-9-5-7-17(2)10-11-20/h1,5-8,10-11,13,19H,9,12,14-16H2,2-3H3/t19-,25?/m0/s1. The predicted octanol–water partition coefficient (Wildman–Crippen LogP) is 3.25. The SMILES string of the molecule is C#CCN(C)[C@H](COS(=O)C1=CC=C(C)C=CC1)CC1=CC=COC1. The van der Waals surface area contributed by atoms with E-state index in [1.54, 1.807) is 6.26 Å². The van der Waals surface area contributed by atoms with E-state index in [0.717, 1.165) is 16.9 Å². The van der Waals surface area contributed by atoms with Crippen LogP contribution in [-0.2, 0) is 20.0 Å². The van der Waals surface area contributed by atoms with Crippen LogP contribution in [0.5, 0.6) is 0 Å². The summed E-state index contributed by atoms with van der Waals surface area (Å²) in [4.78, 5) is 2.82. The van der Waals surface area contributed by atoms with Crippen molar-refractivity contribution in [2.24, 2.45) is 0 Å². The third-order valence-corrected chi connectivity index (χ3v) is 5.13. The van der Waals surface area contributed by atoms with Crippen LogP contribution in [0.4, 0.5) is 0 Å². The molecule has 0 aromatic rings. The minimum Gasteiger partial charge on any atom is -0.497 e. The molecule has 0 N–H and O–H groups in total. The van der Waals surface area contributed by atoms with Crippen LogP contribution >= 0.6 is 0 Å². The summed E-state index contributed by atoms with van der Waals surface area (Å²) in [5, 5.41) is 0. The quantitative estimate of drug-likeness (QED) is 0.624. The molecule has 1 unspecified atom stereocenters. The first-order chi connectivity index (χ1) is 12.1. The maximum Gasteiger partial charge on any atom is 0.185 e. The van der Waals surface area contributed by atoms with Crippen LogP contribution in [0.15, 0.2) is 58.8 Å². The van der Waals surface area contributed by atoms with Crippen molar-refractivity contribution in [2.75, 3.05) is 26.8 Å². The van der Waals surface area contributed by atoms with Crippen molar-refractivity contribution in [3.63, 3.8) is 0 Å². The molecule has 1 aliphatic heterocycles. The molecule has 1 aliphatic carbocycles. The van der Waals surface area contributed by atoms with Crippen molar-refractivity contribution in [3.8, 4) is 12.3 Å². The Kier molecular flexibility index (Phi) is 7.93. The largest absolute Gasteiger partial charge is 0.497 e. The number of terminal acetylenes is 1. The lowest BCUT2D eigenvalue weighted by molar-refractivity contribution is 0.178. The summed E-state index contributed by atoms with van der Waals surface area (Å²) in [6.07, 6.45) is 20.3. The van der Waals surface area contributed by atoms with Crippen LogP contribution in [0.2, 0.25) is 0 Å². The van der Waals surface area contributed by atoms with E-state index in [-0.39, 0.29) is 6.04 Å². The Hall–Kier alpha value is -1.87. The van der Waals surface area contributed by atoms with Gasteiger partial charge in [0.2, 0.25) is 0 Å². The summed E-state index contributed by atoms with van der Waals surface area (Å²) in [6.45, 7) is 3.44. The fraction of sp³-hybridized carbons (Fsp3) is 0.400. The monoisotopic (exact) mass is 359 g/mol. The highest BCUT2D eigenvalue weighted by atomic mass is 32.2. The second kappa shape index (κ2) is 10.2. The molecule has 0 aromatic heterocycles. The lowest BCUT2D eigenvalue weighted by Crippen LogP contribution is -2.37. The molecule has 1 heterocycles. The number of rotatable bonds is 8. The Bertz CT molecular complexity index is 680. The van der Waals surface area contributed by atoms with E-state index < -0.39 is 11.1 Å². The number of hydrogen-bond acceptors (Lipinski definition) is 4. The van der Waals surface area contributed by atoms with Gasteiger partial charge in [0.1, 0.15) is 6.61 Å². The highest BCUT2D eigenvalue weighted by Gasteiger charge is 2.19. The molecule has 0 radical (unpaired) electrons. The van der Waals surface area contributed by atoms with Gasteiger partial charge in [-0.3, -0.25) is 9.08 Å². The molecule has 0 saturated heterocycles. The van der Waals surface area contributed by atoms with E-state index in [2.05, 4.69) is 5.92 Å². The fourth-order valence-electron chi connectivity index (χ4n) is 2.53. The van der Waals surface area contributed by atoms with E-state index in [1.807, 2.05) is 55.3 Å². The maximum atomic E-state index is 12.5. The topological polar surface area (TPSA) is 38.8 Å². The first kappa shape index (κ1) is 19.5. The minimum absolute atomic E-state index is 0.0422. The molecule has 0 saturated carbocycles. The van der Waals surface area contributed by atoms with Crippen molar-refractivity contribution in [1.29, 1.82) is 0 Å². The summed E-state index contributed by atoms with van der Waals surface area (Å²) in [5.41, 5.74) is 2.30. The number of hydrogen-bond donors (Lipinski definition) is 0. The Morgan fingerprint density at radius 1 is 1.44 bits per heavy atom. The van der Waals surface area contributed by atoms with Gasteiger partial charge in [-0.2, -0.15) is 0 Å². The van der Waals surface area contributed by atoms with Gasteiger partial charge in [0, 0.05) is 17.4 Å². The van der Waals surface area contributed by atoms with Crippen LogP contribution in [0.1, 0.15) is 19.8 Å². The van der Waals surface area contributed by atoms with Gasteiger partial charge in [-0.15, -0.1) is 6.42 Å². The van der Waals surface area contributed by atoms with Crippen LogP contribution in [0.25, 0.3) is 0 Å². The summed E-state index contributed by atoms with van der Waals surface area (Å²) in [5.74, 6) is 2.65. The van der Waals surface area contributed by atoms with Gasteiger partial charge >= 0.3 is 0 Å². The zero-order chi connectivity index (χ0) is 18.1. The molecule has 0 bridgehead atoms. The average Bonchev–Trinajstić information content (AvgIpc) is 2.84. The molecule has 25 heavy (non-hydrogen) atoms. The Labute approximate surface area is 153 Å². The Morgan fingerprint density at radius 3 is 3.00 bits per heavy atom. The van der Waals surface area contributed by atoms with Gasteiger partial charge in [-0.25, -0.2) is 4.21 Å². The van der Waals surface area contributed by atoms with E-state index in [0.29, 0.717) is 26.2 Å². The second-order valence-corrected chi connectivity index (χ2v) is 7.34. The average molecular weight is 359 g/mol. The van der Waals surface area contributed by atoms with Crippen LogP contribution in [0, 0.1) is 12.3 Å². The molecule has 5 heteroatoms. The Balaban J connectivity index is 1.97. The molecular formula is C20H25NO3S. The van der Waals surface area contributed by atoms with Crippen LogP contribution in [0.3, 0.4) is 0 Å². The van der Waals surface area contributed by atoms with Crippen molar-refractivity contribution < 1.29 is 13.1 Å². The molecule has 2 atom stereocenters. The molecule has 0 fully saturated rings. The van der Waals surface area contributed by atoms with Crippen LogP contribution < -0.4 is 0 Å². The third kappa shape index (κ3) is 6.50. The van der Waals surface area contributed by atoms with E-state index >= 15 is 0 Å². The van der Waals surface area contributed by atoms with Crippen molar-refractivity contribution >= 4 is 11.1 Å². The molecule has 2 rings (SSSR count). The van der Waals surface area contributed by atoms with Crippen molar-refractivity contribution in [1.82, 2.24) is 4.90 Å². The molecule has 0 spiro atoms. The highest BCUT2D eigenvalue weighted by molar-refractivity contribution is 7.84. The van der Waals surface area contributed by atoms with Gasteiger partial charge in [0.25, 0.3) is 0 Å². The van der Waals surface area contributed by atoms with Gasteiger partial charge in [0.05, 0.1) is 19.4 Å². The first-order valence-electron chi connectivity index (χ1n) is 8.29. The van der Waals surface area contributed by atoms with E-state index in [9.17, 15) is 4.21 Å². The summed E-state index contributed by atoms with van der Waals surface area (Å²) >= 11 is -1.46. The van der Waals surface area contributed by atoms with Crippen LogP contribution in [-0.4, -0.2) is 42.0 Å². The molecule has 0 amide bonds. The Morgan fingerprint density at radius 2 is 2.28 bits per heavy atom. The zero-order valence-corrected chi connectivity index (χ0v) is 15.6.